The lowest BCUT2D eigenvalue weighted by atomic mass is 10.0. The summed E-state index contributed by atoms with van der Waals surface area (Å²) in [5, 5.41) is 15.5. The summed E-state index contributed by atoms with van der Waals surface area (Å²) >= 11 is 0. The number of rotatable bonds is 8. The van der Waals surface area contributed by atoms with E-state index in [9.17, 15) is 9.50 Å². The van der Waals surface area contributed by atoms with Crippen LogP contribution < -0.4 is 15.8 Å². The van der Waals surface area contributed by atoms with Crippen LogP contribution in [-0.2, 0) is 13.0 Å². The first-order valence-corrected chi connectivity index (χ1v) is 10.3. The van der Waals surface area contributed by atoms with Gasteiger partial charge < -0.3 is 20.9 Å². The molecule has 0 aliphatic carbocycles. The molecule has 0 saturated carbocycles. The summed E-state index contributed by atoms with van der Waals surface area (Å²) in [6.07, 6.45) is 0.280. The number of nitrogens with two attached hydrogens (primary N) is 1. The maximum atomic E-state index is 13.1. The number of aliphatic hydroxyl groups is 1. The summed E-state index contributed by atoms with van der Waals surface area (Å²) < 4.78 is 19.1. The molecule has 1 unspecified atom stereocenters. The summed E-state index contributed by atoms with van der Waals surface area (Å²) in [5.74, 6) is 0.430. The van der Waals surface area contributed by atoms with Crippen molar-refractivity contribution in [2.75, 3.05) is 11.1 Å². The van der Waals surface area contributed by atoms with Crippen molar-refractivity contribution >= 4 is 22.1 Å². The highest BCUT2D eigenvalue weighted by Crippen LogP contribution is 2.37. The van der Waals surface area contributed by atoms with Crippen LogP contribution in [0.2, 0.25) is 0 Å². The number of ether oxygens (including phenoxy) is 1. The molecular weight excluding hydrogens is 391 g/mol. The zero-order valence-corrected chi connectivity index (χ0v) is 17.1. The number of aryl methyl sites for hydroxylation is 1. The van der Waals surface area contributed by atoms with Gasteiger partial charge in [-0.3, -0.25) is 0 Å². The number of nitrogens with one attached hydrogen (secondary N) is 1. The van der Waals surface area contributed by atoms with Gasteiger partial charge in [0.05, 0.1) is 11.4 Å². The zero-order valence-electron chi connectivity index (χ0n) is 17.1. The Bertz CT molecular complexity index is 1150. The molecule has 0 saturated heterocycles. The number of nitrogen functional groups attached to an aromatic ring is 1. The maximum absolute atomic E-state index is 13.1. The fourth-order valence-corrected chi connectivity index (χ4v) is 3.57. The second-order valence-electron chi connectivity index (χ2n) is 7.48. The Labute approximate surface area is 181 Å². The first-order chi connectivity index (χ1) is 15.1. The number of benzene rings is 4. The van der Waals surface area contributed by atoms with Crippen molar-refractivity contribution in [1.82, 2.24) is 0 Å². The van der Waals surface area contributed by atoms with E-state index in [-0.39, 0.29) is 5.82 Å². The number of anilines is 2. The lowest BCUT2D eigenvalue weighted by Gasteiger charge is -2.20. The van der Waals surface area contributed by atoms with Crippen molar-refractivity contribution < 1.29 is 14.2 Å². The molecule has 0 aromatic heterocycles. The van der Waals surface area contributed by atoms with Crippen LogP contribution >= 0.6 is 0 Å². The summed E-state index contributed by atoms with van der Waals surface area (Å²) in [7, 11) is 0. The lowest BCUT2D eigenvalue weighted by molar-refractivity contribution is 0.193. The van der Waals surface area contributed by atoms with Gasteiger partial charge in [0.2, 0.25) is 0 Å². The van der Waals surface area contributed by atoms with Gasteiger partial charge in [-0.05, 0) is 36.1 Å². The molecule has 0 spiro atoms. The van der Waals surface area contributed by atoms with Crippen molar-refractivity contribution in [2.24, 2.45) is 0 Å². The number of fused-ring (bicyclic) bond motifs is 1. The molecule has 158 valence electrons. The number of aliphatic hydroxyl groups excluding tert-OH is 1. The number of hydrogen-bond acceptors (Lipinski definition) is 4. The minimum absolute atomic E-state index is 0.267. The molecule has 4 rings (SSSR count). The SMILES string of the molecule is Nc1cc(OCc2ccccc2)c2ccccc2c1NC(O)CCc1ccc(F)cc1. The first-order valence-electron chi connectivity index (χ1n) is 10.3. The second-order valence-corrected chi connectivity index (χ2v) is 7.48. The van der Waals surface area contributed by atoms with Gasteiger partial charge in [0.25, 0.3) is 0 Å². The lowest BCUT2D eigenvalue weighted by Crippen LogP contribution is -2.20. The van der Waals surface area contributed by atoms with Crippen molar-refractivity contribution in [2.45, 2.75) is 25.7 Å². The highest BCUT2D eigenvalue weighted by atomic mass is 19.1. The molecule has 0 aliphatic rings. The standard InChI is InChI=1S/C26H25FN2O2/c27-20-13-10-18(11-14-20)12-15-25(30)29-26-22-9-5-4-8-21(22)24(16-23(26)28)31-17-19-6-2-1-3-7-19/h1-11,13-14,16,25,29-30H,12,15,17,28H2. The van der Waals surface area contributed by atoms with E-state index in [0.717, 1.165) is 21.9 Å². The van der Waals surface area contributed by atoms with Crippen LogP contribution in [-0.4, -0.2) is 11.3 Å². The molecule has 4 N–H and O–H groups in total. The molecule has 0 bridgehead atoms. The molecule has 0 radical (unpaired) electrons. The minimum Gasteiger partial charge on any atom is -0.488 e. The monoisotopic (exact) mass is 416 g/mol. The second kappa shape index (κ2) is 9.49. The molecule has 0 heterocycles. The molecule has 4 aromatic rings. The van der Waals surface area contributed by atoms with Gasteiger partial charge in [-0.2, -0.15) is 0 Å². The van der Waals surface area contributed by atoms with E-state index in [2.05, 4.69) is 5.32 Å². The zero-order chi connectivity index (χ0) is 21.6. The third-order valence-corrected chi connectivity index (χ3v) is 5.20. The Morgan fingerprint density at radius 3 is 2.29 bits per heavy atom. The molecule has 5 heteroatoms. The Morgan fingerprint density at radius 2 is 1.55 bits per heavy atom. The molecule has 0 fully saturated rings. The van der Waals surface area contributed by atoms with E-state index in [1.807, 2.05) is 54.6 Å². The molecule has 0 amide bonds. The predicted octanol–water partition coefficient (Wildman–Crippen LogP) is 5.50. The summed E-state index contributed by atoms with van der Waals surface area (Å²) in [6.45, 7) is 0.442. The van der Waals surface area contributed by atoms with Gasteiger partial charge in [0.15, 0.2) is 0 Å². The summed E-state index contributed by atoms with van der Waals surface area (Å²) in [4.78, 5) is 0. The molecule has 0 aliphatic heterocycles. The smallest absolute Gasteiger partial charge is 0.129 e. The van der Waals surface area contributed by atoms with E-state index < -0.39 is 6.23 Å². The molecule has 4 nitrogen and oxygen atoms in total. The molecular formula is C26H25FN2O2. The normalized spacial score (nSPS) is 11.9. The Hall–Kier alpha value is -3.57. The minimum atomic E-state index is -0.799. The first kappa shape index (κ1) is 20.7. The Morgan fingerprint density at radius 1 is 0.871 bits per heavy atom. The van der Waals surface area contributed by atoms with Crippen molar-refractivity contribution in [3.8, 4) is 5.75 Å². The fraction of sp³-hybridized carbons (Fsp3) is 0.154. The van der Waals surface area contributed by atoms with E-state index in [1.54, 1.807) is 18.2 Å². The quantitative estimate of drug-likeness (QED) is 0.262. The van der Waals surface area contributed by atoms with Crippen molar-refractivity contribution in [3.63, 3.8) is 0 Å². The topological polar surface area (TPSA) is 67.5 Å². The maximum Gasteiger partial charge on any atom is 0.129 e. The van der Waals surface area contributed by atoms with Crippen LogP contribution in [0.15, 0.2) is 84.9 Å². The van der Waals surface area contributed by atoms with Crippen LogP contribution in [0.3, 0.4) is 0 Å². The molecule has 4 aromatic carbocycles. The molecule has 1 atom stereocenters. The average molecular weight is 416 g/mol. The Kier molecular flexibility index (Phi) is 6.34. The van der Waals surface area contributed by atoms with Gasteiger partial charge in [-0.1, -0.05) is 66.7 Å². The van der Waals surface area contributed by atoms with E-state index >= 15 is 0 Å². The van der Waals surface area contributed by atoms with E-state index in [4.69, 9.17) is 10.5 Å². The third kappa shape index (κ3) is 5.13. The Balaban J connectivity index is 1.51. The van der Waals surface area contributed by atoms with E-state index in [1.165, 1.54) is 12.1 Å². The van der Waals surface area contributed by atoms with Crippen LogP contribution in [0, 0.1) is 5.82 Å². The van der Waals surface area contributed by atoms with Gasteiger partial charge in [0, 0.05) is 16.8 Å². The fourth-order valence-electron chi connectivity index (χ4n) is 3.57. The largest absolute Gasteiger partial charge is 0.488 e. The summed E-state index contributed by atoms with van der Waals surface area (Å²) in [5.41, 5.74) is 9.55. The van der Waals surface area contributed by atoms with Gasteiger partial charge in [-0.15, -0.1) is 0 Å². The van der Waals surface area contributed by atoms with Crippen molar-refractivity contribution in [1.29, 1.82) is 0 Å². The average Bonchev–Trinajstić information content (AvgIpc) is 2.80. The van der Waals surface area contributed by atoms with Crippen LogP contribution in [0.5, 0.6) is 5.75 Å². The third-order valence-electron chi connectivity index (χ3n) is 5.20. The summed E-state index contributed by atoms with van der Waals surface area (Å²) in [6, 6.07) is 25.9. The van der Waals surface area contributed by atoms with Crippen molar-refractivity contribution in [3.05, 3.63) is 102 Å². The number of hydrogen-bond donors (Lipinski definition) is 3. The van der Waals surface area contributed by atoms with Crippen LogP contribution in [0.25, 0.3) is 10.8 Å². The molecule has 31 heavy (non-hydrogen) atoms. The number of halogens is 1. The van der Waals surface area contributed by atoms with E-state index in [0.29, 0.717) is 36.6 Å². The van der Waals surface area contributed by atoms with Crippen LogP contribution in [0.4, 0.5) is 15.8 Å². The van der Waals surface area contributed by atoms with Gasteiger partial charge in [-0.25, -0.2) is 4.39 Å². The van der Waals surface area contributed by atoms with Gasteiger partial charge >= 0.3 is 0 Å². The van der Waals surface area contributed by atoms with Crippen LogP contribution in [0.1, 0.15) is 17.5 Å². The highest BCUT2D eigenvalue weighted by molar-refractivity contribution is 6.03. The highest BCUT2D eigenvalue weighted by Gasteiger charge is 2.14. The predicted molar refractivity (Wildman–Crippen MR) is 123 cm³/mol. The van der Waals surface area contributed by atoms with Gasteiger partial charge in [0.1, 0.15) is 24.4 Å².